The molecule has 5 nitrogen and oxygen atoms in total. The second kappa shape index (κ2) is 8.82. The molecule has 152 valence electrons. The summed E-state index contributed by atoms with van der Waals surface area (Å²) in [4.78, 5) is 29.7. The van der Waals surface area contributed by atoms with Gasteiger partial charge in [-0.2, -0.15) is 0 Å². The second-order valence-corrected chi connectivity index (χ2v) is 7.52. The lowest BCUT2D eigenvalue weighted by Gasteiger charge is -2.36. The van der Waals surface area contributed by atoms with Crippen LogP contribution in [0.2, 0.25) is 0 Å². The van der Waals surface area contributed by atoms with Gasteiger partial charge in [-0.05, 0) is 55.0 Å². The summed E-state index contributed by atoms with van der Waals surface area (Å²) in [6.45, 7) is 5.00. The van der Waals surface area contributed by atoms with E-state index in [4.69, 9.17) is 0 Å². The maximum atomic E-state index is 13.0. The first-order valence-corrected chi connectivity index (χ1v) is 10.2. The summed E-state index contributed by atoms with van der Waals surface area (Å²) in [5.41, 5.74) is 4.17. The van der Waals surface area contributed by atoms with Gasteiger partial charge in [0, 0.05) is 48.7 Å². The minimum Gasteiger partial charge on any atom is -0.368 e. The number of para-hydroxylation sites is 1. The predicted octanol–water partition coefficient (Wildman–Crippen LogP) is 4.21. The fourth-order valence-electron chi connectivity index (χ4n) is 3.69. The van der Waals surface area contributed by atoms with Crippen molar-refractivity contribution in [3.05, 3.63) is 95.6 Å². The first-order chi connectivity index (χ1) is 14.6. The van der Waals surface area contributed by atoms with Crippen LogP contribution in [-0.2, 0) is 0 Å². The lowest BCUT2D eigenvalue weighted by atomic mass is 10.1. The summed E-state index contributed by atoms with van der Waals surface area (Å²) in [6.07, 6.45) is 0. The normalized spacial score (nSPS) is 13.8. The SMILES string of the molecule is Cc1cccc(N2CCN(C(=O)c3cccc(C(=O)Nc4ccccc4)c3)CC2)c1. The van der Waals surface area contributed by atoms with Crippen LogP contribution in [0.5, 0.6) is 0 Å². The number of carbonyl (C=O) groups is 2. The van der Waals surface area contributed by atoms with Gasteiger partial charge >= 0.3 is 0 Å². The maximum Gasteiger partial charge on any atom is 0.255 e. The molecule has 0 aliphatic carbocycles. The molecule has 1 aliphatic rings. The minimum absolute atomic E-state index is 0.0340. The number of nitrogens with zero attached hydrogens (tertiary/aromatic N) is 2. The maximum absolute atomic E-state index is 13.0. The van der Waals surface area contributed by atoms with Crippen LogP contribution in [0.15, 0.2) is 78.9 Å². The average molecular weight is 399 g/mol. The Kier molecular flexibility index (Phi) is 5.80. The Morgan fingerprint density at radius 2 is 1.47 bits per heavy atom. The Bertz CT molecular complexity index is 1040. The van der Waals surface area contributed by atoms with Crippen molar-refractivity contribution in [2.45, 2.75) is 6.92 Å². The lowest BCUT2D eigenvalue weighted by molar-refractivity contribution is 0.0747. The molecule has 0 saturated carbocycles. The zero-order chi connectivity index (χ0) is 20.9. The second-order valence-electron chi connectivity index (χ2n) is 7.52. The Hall–Kier alpha value is -3.60. The fraction of sp³-hybridized carbons (Fsp3) is 0.200. The van der Waals surface area contributed by atoms with Gasteiger partial charge in [0.25, 0.3) is 11.8 Å². The van der Waals surface area contributed by atoms with Crippen LogP contribution in [0.4, 0.5) is 11.4 Å². The quantitative estimate of drug-likeness (QED) is 0.715. The van der Waals surface area contributed by atoms with Crippen molar-refractivity contribution in [3.8, 4) is 0 Å². The van der Waals surface area contributed by atoms with Crippen molar-refractivity contribution >= 4 is 23.2 Å². The molecule has 0 unspecified atom stereocenters. The summed E-state index contributed by atoms with van der Waals surface area (Å²) >= 11 is 0. The molecule has 1 fully saturated rings. The average Bonchev–Trinajstić information content (AvgIpc) is 2.79. The Morgan fingerprint density at radius 1 is 0.767 bits per heavy atom. The van der Waals surface area contributed by atoms with Crippen LogP contribution in [-0.4, -0.2) is 42.9 Å². The Balaban J connectivity index is 1.40. The molecule has 30 heavy (non-hydrogen) atoms. The van der Waals surface area contributed by atoms with Crippen molar-refractivity contribution in [2.24, 2.45) is 0 Å². The highest BCUT2D eigenvalue weighted by atomic mass is 16.2. The van der Waals surface area contributed by atoms with Crippen LogP contribution >= 0.6 is 0 Å². The monoisotopic (exact) mass is 399 g/mol. The number of benzene rings is 3. The van der Waals surface area contributed by atoms with Crippen molar-refractivity contribution < 1.29 is 9.59 Å². The number of anilines is 2. The van der Waals surface area contributed by atoms with Gasteiger partial charge in [-0.1, -0.05) is 36.4 Å². The van der Waals surface area contributed by atoms with E-state index in [0.29, 0.717) is 24.2 Å². The van der Waals surface area contributed by atoms with E-state index < -0.39 is 0 Å². The molecule has 4 rings (SSSR count). The number of amides is 2. The molecule has 1 saturated heterocycles. The van der Waals surface area contributed by atoms with Crippen molar-refractivity contribution in [1.82, 2.24) is 4.90 Å². The zero-order valence-electron chi connectivity index (χ0n) is 17.0. The number of rotatable bonds is 4. The molecule has 3 aromatic rings. The van der Waals surface area contributed by atoms with Crippen LogP contribution in [0, 0.1) is 6.92 Å². The van der Waals surface area contributed by atoms with Crippen LogP contribution in [0.1, 0.15) is 26.3 Å². The molecule has 0 atom stereocenters. The zero-order valence-corrected chi connectivity index (χ0v) is 17.0. The molecule has 1 heterocycles. The van der Waals surface area contributed by atoms with Crippen molar-refractivity contribution in [1.29, 1.82) is 0 Å². The summed E-state index contributed by atoms with van der Waals surface area (Å²) in [5.74, 6) is -0.256. The molecule has 1 aliphatic heterocycles. The topological polar surface area (TPSA) is 52.7 Å². The van der Waals surface area contributed by atoms with E-state index in [2.05, 4.69) is 41.4 Å². The Labute approximate surface area is 176 Å². The van der Waals surface area contributed by atoms with E-state index in [1.165, 1.54) is 11.3 Å². The van der Waals surface area contributed by atoms with Crippen molar-refractivity contribution in [3.63, 3.8) is 0 Å². The van der Waals surface area contributed by atoms with E-state index >= 15 is 0 Å². The molecule has 5 heteroatoms. The van der Waals surface area contributed by atoms with Gasteiger partial charge in [0.05, 0.1) is 0 Å². The number of aryl methyl sites for hydroxylation is 1. The van der Waals surface area contributed by atoms with Gasteiger partial charge in [-0.15, -0.1) is 0 Å². The van der Waals surface area contributed by atoms with Crippen LogP contribution in [0.25, 0.3) is 0 Å². The van der Waals surface area contributed by atoms with Crippen molar-refractivity contribution in [2.75, 3.05) is 36.4 Å². The summed E-state index contributed by atoms with van der Waals surface area (Å²) < 4.78 is 0. The fourth-order valence-corrected chi connectivity index (χ4v) is 3.69. The third kappa shape index (κ3) is 4.51. The molecule has 0 radical (unpaired) electrons. The third-order valence-corrected chi connectivity index (χ3v) is 5.34. The standard InChI is InChI=1S/C25H25N3O2/c1-19-7-5-12-23(17-19)27-13-15-28(16-14-27)25(30)21-9-6-8-20(18-21)24(29)26-22-10-3-2-4-11-22/h2-12,17-18H,13-16H2,1H3,(H,26,29). The molecule has 0 aromatic heterocycles. The van der Waals surface area contributed by atoms with E-state index in [0.717, 1.165) is 18.8 Å². The third-order valence-electron chi connectivity index (χ3n) is 5.34. The number of carbonyl (C=O) groups excluding carboxylic acids is 2. The number of hydrogen-bond donors (Lipinski definition) is 1. The molecule has 0 bridgehead atoms. The summed E-state index contributed by atoms with van der Waals surface area (Å²) in [7, 11) is 0. The van der Waals surface area contributed by atoms with Gasteiger partial charge in [0.1, 0.15) is 0 Å². The number of piperazine rings is 1. The molecule has 1 N–H and O–H groups in total. The molecule has 3 aromatic carbocycles. The molecular weight excluding hydrogens is 374 g/mol. The molecular formula is C25H25N3O2. The van der Waals surface area contributed by atoms with E-state index in [1.807, 2.05) is 35.2 Å². The lowest BCUT2D eigenvalue weighted by Crippen LogP contribution is -2.48. The first kappa shape index (κ1) is 19.7. The smallest absolute Gasteiger partial charge is 0.255 e. The van der Waals surface area contributed by atoms with Gasteiger partial charge in [0.15, 0.2) is 0 Å². The summed E-state index contributed by atoms with van der Waals surface area (Å²) in [6, 6.07) is 24.7. The molecule has 0 spiro atoms. The highest BCUT2D eigenvalue weighted by Gasteiger charge is 2.23. The number of hydrogen-bond acceptors (Lipinski definition) is 3. The Morgan fingerprint density at radius 3 is 2.20 bits per heavy atom. The van der Waals surface area contributed by atoms with Gasteiger partial charge in [-0.25, -0.2) is 0 Å². The minimum atomic E-state index is -0.222. The number of nitrogens with one attached hydrogen (secondary N) is 1. The van der Waals surface area contributed by atoms with E-state index in [-0.39, 0.29) is 11.8 Å². The largest absolute Gasteiger partial charge is 0.368 e. The van der Waals surface area contributed by atoms with Gasteiger partial charge in [0.2, 0.25) is 0 Å². The van der Waals surface area contributed by atoms with Crippen LogP contribution < -0.4 is 10.2 Å². The first-order valence-electron chi connectivity index (χ1n) is 10.2. The van der Waals surface area contributed by atoms with Crippen LogP contribution in [0.3, 0.4) is 0 Å². The van der Waals surface area contributed by atoms with Gasteiger partial charge in [-0.3, -0.25) is 9.59 Å². The van der Waals surface area contributed by atoms with E-state index in [9.17, 15) is 9.59 Å². The highest BCUT2D eigenvalue weighted by molar-refractivity contribution is 6.06. The predicted molar refractivity (Wildman–Crippen MR) is 120 cm³/mol. The van der Waals surface area contributed by atoms with E-state index in [1.54, 1.807) is 24.3 Å². The molecule has 2 amide bonds. The summed E-state index contributed by atoms with van der Waals surface area (Å²) in [5, 5.41) is 2.86. The highest BCUT2D eigenvalue weighted by Crippen LogP contribution is 2.19. The van der Waals surface area contributed by atoms with Gasteiger partial charge < -0.3 is 15.1 Å².